The maximum absolute atomic E-state index is 12.7. The summed E-state index contributed by atoms with van der Waals surface area (Å²) in [6, 6.07) is 18.3. The van der Waals surface area contributed by atoms with Crippen LogP contribution in [0.4, 0.5) is 0 Å². The summed E-state index contributed by atoms with van der Waals surface area (Å²) in [5.41, 5.74) is 2.93. The molecule has 27 heavy (non-hydrogen) atoms. The molecule has 0 aliphatic carbocycles. The predicted octanol–water partition coefficient (Wildman–Crippen LogP) is 4.56. The lowest BCUT2D eigenvalue weighted by Gasteiger charge is -2.18. The highest BCUT2D eigenvalue weighted by molar-refractivity contribution is 7.13. The van der Waals surface area contributed by atoms with Gasteiger partial charge in [0.15, 0.2) is 0 Å². The van der Waals surface area contributed by atoms with Gasteiger partial charge in [-0.3, -0.25) is 9.78 Å². The summed E-state index contributed by atoms with van der Waals surface area (Å²) in [7, 11) is 1.85. The Morgan fingerprint density at radius 1 is 1.07 bits per heavy atom. The van der Waals surface area contributed by atoms with Gasteiger partial charge < -0.3 is 4.90 Å². The Labute approximate surface area is 162 Å². The van der Waals surface area contributed by atoms with Crippen LogP contribution in [0.3, 0.4) is 0 Å². The van der Waals surface area contributed by atoms with Crippen LogP contribution in [0.15, 0.2) is 72.4 Å². The topological polar surface area (TPSA) is 46.1 Å². The first-order valence-corrected chi connectivity index (χ1v) is 9.64. The van der Waals surface area contributed by atoms with E-state index in [1.54, 1.807) is 28.6 Å². The molecule has 4 rings (SSSR count). The van der Waals surface area contributed by atoms with Crippen molar-refractivity contribution in [3.63, 3.8) is 0 Å². The number of nitrogens with zero attached hydrogens (tertiary/aromatic N) is 3. The van der Waals surface area contributed by atoms with Crippen molar-refractivity contribution in [3.8, 4) is 10.6 Å². The number of hydrogen-bond acceptors (Lipinski definition) is 4. The van der Waals surface area contributed by atoms with Crippen molar-refractivity contribution in [1.82, 2.24) is 14.9 Å². The van der Waals surface area contributed by atoms with E-state index in [1.165, 1.54) is 10.8 Å². The number of pyridine rings is 1. The first-order chi connectivity index (χ1) is 13.2. The first kappa shape index (κ1) is 17.4. The molecule has 0 spiro atoms. The summed E-state index contributed by atoms with van der Waals surface area (Å²) in [5, 5.41) is 5.22. The van der Waals surface area contributed by atoms with E-state index in [0.717, 1.165) is 21.8 Å². The van der Waals surface area contributed by atoms with Crippen LogP contribution in [0, 0.1) is 0 Å². The Kier molecular flexibility index (Phi) is 4.94. The predicted molar refractivity (Wildman–Crippen MR) is 109 cm³/mol. The highest BCUT2D eigenvalue weighted by Crippen LogP contribution is 2.23. The molecule has 2 aromatic carbocycles. The van der Waals surface area contributed by atoms with Gasteiger partial charge in [0.05, 0.1) is 12.1 Å². The molecule has 4 nitrogen and oxygen atoms in total. The van der Waals surface area contributed by atoms with E-state index in [-0.39, 0.29) is 5.91 Å². The number of hydrogen-bond donors (Lipinski definition) is 0. The third-order valence-electron chi connectivity index (χ3n) is 4.51. The maximum Gasteiger partial charge on any atom is 0.228 e. The molecule has 2 heterocycles. The SMILES string of the molecule is CN(Cc1cccc2ccccc12)C(=O)Cc1csc(-c2cccnc2)n1. The van der Waals surface area contributed by atoms with Crippen LogP contribution in [0.25, 0.3) is 21.3 Å². The average Bonchev–Trinajstić information content (AvgIpc) is 3.17. The van der Waals surface area contributed by atoms with E-state index in [1.807, 2.05) is 42.8 Å². The molecule has 0 aliphatic rings. The van der Waals surface area contributed by atoms with Crippen molar-refractivity contribution in [1.29, 1.82) is 0 Å². The first-order valence-electron chi connectivity index (χ1n) is 8.76. The lowest BCUT2D eigenvalue weighted by molar-refractivity contribution is -0.129. The molecule has 0 bridgehead atoms. The molecule has 0 saturated heterocycles. The number of benzene rings is 2. The molecule has 0 saturated carbocycles. The zero-order valence-corrected chi connectivity index (χ0v) is 15.8. The van der Waals surface area contributed by atoms with Gasteiger partial charge in [0.2, 0.25) is 5.91 Å². The van der Waals surface area contributed by atoms with Gasteiger partial charge in [-0.05, 0) is 28.5 Å². The average molecular weight is 373 g/mol. The van der Waals surface area contributed by atoms with Gasteiger partial charge in [0.1, 0.15) is 5.01 Å². The molecule has 0 radical (unpaired) electrons. The normalized spacial score (nSPS) is 10.9. The van der Waals surface area contributed by atoms with E-state index >= 15 is 0 Å². The fraction of sp³-hybridized carbons (Fsp3) is 0.136. The summed E-state index contributed by atoms with van der Waals surface area (Å²) in [6.07, 6.45) is 3.83. The third kappa shape index (κ3) is 3.88. The maximum atomic E-state index is 12.7. The largest absolute Gasteiger partial charge is 0.341 e. The Morgan fingerprint density at radius 3 is 2.78 bits per heavy atom. The van der Waals surface area contributed by atoms with E-state index in [4.69, 9.17) is 0 Å². The number of amides is 1. The van der Waals surface area contributed by atoms with Gasteiger partial charge in [-0.15, -0.1) is 11.3 Å². The molecule has 1 amide bonds. The lowest BCUT2D eigenvalue weighted by Crippen LogP contribution is -2.27. The molecule has 0 unspecified atom stereocenters. The number of rotatable bonds is 5. The molecular formula is C22H19N3OS. The van der Waals surface area contributed by atoms with Crippen molar-refractivity contribution in [2.45, 2.75) is 13.0 Å². The van der Waals surface area contributed by atoms with Crippen LogP contribution in [0.1, 0.15) is 11.3 Å². The van der Waals surface area contributed by atoms with Gasteiger partial charge in [-0.2, -0.15) is 0 Å². The number of fused-ring (bicyclic) bond motifs is 1. The van der Waals surface area contributed by atoms with Gasteiger partial charge >= 0.3 is 0 Å². The zero-order chi connectivity index (χ0) is 18.6. The van der Waals surface area contributed by atoms with E-state index < -0.39 is 0 Å². The fourth-order valence-corrected chi connectivity index (χ4v) is 3.88. The summed E-state index contributed by atoms with van der Waals surface area (Å²) in [4.78, 5) is 23.2. The minimum Gasteiger partial charge on any atom is -0.341 e. The van der Waals surface area contributed by atoms with E-state index in [0.29, 0.717) is 13.0 Å². The van der Waals surface area contributed by atoms with Crippen molar-refractivity contribution >= 4 is 28.0 Å². The fourth-order valence-electron chi connectivity index (χ4n) is 3.07. The zero-order valence-electron chi connectivity index (χ0n) is 15.0. The second-order valence-corrected chi connectivity index (χ2v) is 7.31. The number of carbonyl (C=O) groups excluding carboxylic acids is 1. The van der Waals surface area contributed by atoms with E-state index in [9.17, 15) is 4.79 Å². The van der Waals surface area contributed by atoms with Crippen LogP contribution >= 0.6 is 11.3 Å². The number of carbonyl (C=O) groups is 1. The molecule has 2 aromatic heterocycles. The molecule has 4 aromatic rings. The molecule has 134 valence electrons. The van der Waals surface area contributed by atoms with Crippen LogP contribution < -0.4 is 0 Å². The Bertz CT molecular complexity index is 1070. The Morgan fingerprint density at radius 2 is 1.93 bits per heavy atom. The number of likely N-dealkylation sites (N-methyl/N-ethyl adjacent to an activating group) is 1. The molecule has 0 aliphatic heterocycles. The van der Waals surface area contributed by atoms with Crippen molar-refractivity contribution in [3.05, 3.63) is 83.6 Å². The number of aromatic nitrogens is 2. The summed E-state index contributed by atoms with van der Waals surface area (Å²) in [6.45, 7) is 0.583. The van der Waals surface area contributed by atoms with Gasteiger partial charge in [0.25, 0.3) is 0 Å². The Balaban J connectivity index is 1.46. The highest BCUT2D eigenvalue weighted by atomic mass is 32.1. The van der Waals surface area contributed by atoms with Crippen molar-refractivity contribution in [2.75, 3.05) is 7.05 Å². The molecule has 5 heteroatoms. The summed E-state index contributed by atoms with van der Waals surface area (Å²) < 4.78 is 0. The second-order valence-electron chi connectivity index (χ2n) is 6.45. The van der Waals surface area contributed by atoms with Crippen LogP contribution in [-0.4, -0.2) is 27.8 Å². The van der Waals surface area contributed by atoms with Crippen molar-refractivity contribution < 1.29 is 4.79 Å². The smallest absolute Gasteiger partial charge is 0.228 e. The van der Waals surface area contributed by atoms with E-state index in [2.05, 4.69) is 34.2 Å². The highest BCUT2D eigenvalue weighted by Gasteiger charge is 2.14. The van der Waals surface area contributed by atoms with Gasteiger partial charge in [-0.25, -0.2) is 4.98 Å². The van der Waals surface area contributed by atoms with Crippen molar-refractivity contribution in [2.24, 2.45) is 0 Å². The minimum absolute atomic E-state index is 0.0611. The molecule has 0 fully saturated rings. The third-order valence-corrected chi connectivity index (χ3v) is 5.45. The lowest BCUT2D eigenvalue weighted by atomic mass is 10.0. The monoisotopic (exact) mass is 373 g/mol. The van der Waals surface area contributed by atoms with Crippen LogP contribution in [0.5, 0.6) is 0 Å². The Hall–Kier alpha value is -3.05. The second kappa shape index (κ2) is 7.68. The summed E-state index contributed by atoms with van der Waals surface area (Å²) in [5.74, 6) is 0.0611. The van der Waals surface area contributed by atoms with Gasteiger partial charge in [0, 0.05) is 36.9 Å². The van der Waals surface area contributed by atoms with Crippen LogP contribution in [-0.2, 0) is 17.8 Å². The molecule has 0 N–H and O–H groups in total. The minimum atomic E-state index is 0.0611. The number of thiazole rings is 1. The van der Waals surface area contributed by atoms with Crippen LogP contribution in [0.2, 0.25) is 0 Å². The molecular weight excluding hydrogens is 354 g/mol. The van der Waals surface area contributed by atoms with Gasteiger partial charge in [-0.1, -0.05) is 42.5 Å². The summed E-state index contributed by atoms with van der Waals surface area (Å²) >= 11 is 1.54. The standard InChI is InChI=1S/C22H19N3OS/c1-25(14-18-8-4-7-16-6-2-3-10-20(16)18)21(26)12-19-15-27-22(24-19)17-9-5-11-23-13-17/h2-11,13,15H,12,14H2,1H3. The quantitative estimate of drug-likeness (QED) is 0.515. The molecule has 0 atom stereocenters.